The van der Waals surface area contributed by atoms with Gasteiger partial charge >= 0.3 is 0 Å². The van der Waals surface area contributed by atoms with Crippen molar-refractivity contribution in [3.63, 3.8) is 0 Å². The lowest BCUT2D eigenvalue weighted by molar-refractivity contribution is 0.0999. The number of hydrogen-bond donors (Lipinski definition) is 2. The maximum absolute atomic E-state index is 10.6. The van der Waals surface area contributed by atoms with E-state index in [0.29, 0.717) is 11.3 Å². The van der Waals surface area contributed by atoms with E-state index in [9.17, 15) is 4.79 Å². The monoisotopic (exact) mass is 152 g/mol. The van der Waals surface area contributed by atoms with Crippen LogP contribution in [0.25, 0.3) is 0 Å². The number of nitrogens with two attached hydrogens (primary N) is 2. The highest BCUT2D eigenvalue weighted by Crippen LogP contribution is 2.02. The Hall–Kier alpha value is -1.65. The molecule has 0 saturated heterocycles. The van der Waals surface area contributed by atoms with Crippen molar-refractivity contribution in [2.75, 3.05) is 5.73 Å². The van der Waals surface area contributed by atoms with Crippen LogP contribution in [0.2, 0.25) is 0 Å². The first-order valence-corrected chi connectivity index (χ1v) is 3.00. The van der Waals surface area contributed by atoms with E-state index in [0.717, 1.165) is 0 Å². The van der Waals surface area contributed by atoms with Crippen LogP contribution in [-0.2, 0) is 0 Å². The van der Waals surface area contributed by atoms with Crippen LogP contribution in [0, 0.1) is 6.92 Å². The van der Waals surface area contributed by atoms with Gasteiger partial charge in [0.15, 0.2) is 0 Å². The Kier molecular flexibility index (Phi) is 1.72. The minimum Gasteiger partial charge on any atom is -0.368 e. The fourth-order valence-corrected chi connectivity index (χ4v) is 0.727. The quantitative estimate of drug-likeness (QED) is 0.565. The summed E-state index contributed by atoms with van der Waals surface area (Å²) in [4.78, 5) is 18.0. The normalized spacial score (nSPS) is 9.55. The van der Waals surface area contributed by atoms with Crippen LogP contribution in [0.15, 0.2) is 6.20 Å². The molecule has 0 radical (unpaired) electrons. The summed E-state index contributed by atoms with van der Waals surface area (Å²) in [5, 5.41) is 0. The van der Waals surface area contributed by atoms with Crippen molar-refractivity contribution in [3.05, 3.63) is 17.5 Å². The molecule has 58 valence electrons. The van der Waals surface area contributed by atoms with Gasteiger partial charge < -0.3 is 11.5 Å². The van der Waals surface area contributed by atoms with Crippen LogP contribution in [0.5, 0.6) is 0 Å². The van der Waals surface area contributed by atoms with Crippen LogP contribution >= 0.6 is 0 Å². The molecular weight excluding hydrogens is 144 g/mol. The van der Waals surface area contributed by atoms with E-state index in [1.54, 1.807) is 6.92 Å². The van der Waals surface area contributed by atoms with E-state index in [4.69, 9.17) is 11.5 Å². The third kappa shape index (κ3) is 1.43. The number of rotatable bonds is 1. The van der Waals surface area contributed by atoms with Crippen LogP contribution in [0.4, 0.5) is 5.95 Å². The van der Waals surface area contributed by atoms with Gasteiger partial charge in [0.2, 0.25) is 5.95 Å². The van der Waals surface area contributed by atoms with Gasteiger partial charge in [-0.25, -0.2) is 9.97 Å². The van der Waals surface area contributed by atoms with Gasteiger partial charge in [-0.05, 0) is 6.92 Å². The zero-order chi connectivity index (χ0) is 8.43. The number of amides is 1. The first kappa shape index (κ1) is 7.46. The molecule has 1 aromatic rings. The molecule has 0 aliphatic carbocycles. The Labute approximate surface area is 63.4 Å². The van der Waals surface area contributed by atoms with Gasteiger partial charge in [-0.2, -0.15) is 0 Å². The van der Waals surface area contributed by atoms with E-state index < -0.39 is 5.91 Å². The maximum Gasteiger partial charge on any atom is 0.252 e. The summed E-state index contributed by atoms with van der Waals surface area (Å²) < 4.78 is 0. The molecule has 0 saturated carbocycles. The summed E-state index contributed by atoms with van der Waals surface area (Å²) >= 11 is 0. The minimum atomic E-state index is -0.539. The summed E-state index contributed by atoms with van der Waals surface area (Å²) in [5.41, 5.74) is 11.1. The number of hydrogen-bond acceptors (Lipinski definition) is 4. The van der Waals surface area contributed by atoms with E-state index in [2.05, 4.69) is 9.97 Å². The topological polar surface area (TPSA) is 94.9 Å². The number of carbonyl (C=O) groups excluding carboxylic acids is 1. The van der Waals surface area contributed by atoms with Crippen molar-refractivity contribution in [1.82, 2.24) is 9.97 Å². The Balaban J connectivity index is 3.20. The number of nitrogens with zero attached hydrogens (tertiary/aromatic N) is 2. The van der Waals surface area contributed by atoms with Gasteiger partial charge in [0, 0.05) is 6.20 Å². The minimum absolute atomic E-state index is 0.146. The molecular formula is C6H8N4O. The van der Waals surface area contributed by atoms with Crippen molar-refractivity contribution in [3.8, 4) is 0 Å². The third-order valence-corrected chi connectivity index (χ3v) is 1.26. The molecule has 0 spiro atoms. The van der Waals surface area contributed by atoms with Crippen molar-refractivity contribution in [1.29, 1.82) is 0 Å². The van der Waals surface area contributed by atoms with E-state index in [1.165, 1.54) is 6.20 Å². The standard InChI is InChI=1S/C6H8N4O/c1-3-4(5(7)11)2-9-6(8)10-3/h2H,1H3,(H2,7,11)(H2,8,9,10). The summed E-state index contributed by atoms with van der Waals surface area (Å²) in [6, 6.07) is 0. The van der Waals surface area contributed by atoms with Crippen LogP contribution in [0.3, 0.4) is 0 Å². The molecule has 0 aliphatic rings. The number of nitrogen functional groups attached to an aromatic ring is 1. The highest BCUT2D eigenvalue weighted by atomic mass is 16.1. The molecule has 1 aromatic heterocycles. The molecule has 0 atom stereocenters. The molecule has 1 heterocycles. The van der Waals surface area contributed by atoms with Crippen LogP contribution in [-0.4, -0.2) is 15.9 Å². The van der Waals surface area contributed by atoms with E-state index >= 15 is 0 Å². The van der Waals surface area contributed by atoms with Gasteiger partial charge in [-0.3, -0.25) is 4.79 Å². The number of aromatic nitrogens is 2. The predicted molar refractivity (Wildman–Crippen MR) is 39.7 cm³/mol. The average molecular weight is 152 g/mol. The number of anilines is 1. The molecule has 4 N–H and O–H groups in total. The summed E-state index contributed by atoms with van der Waals surface area (Å²) in [6.07, 6.45) is 1.32. The van der Waals surface area contributed by atoms with Gasteiger partial charge in [0.1, 0.15) is 0 Å². The van der Waals surface area contributed by atoms with Crippen LogP contribution in [0.1, 0.15) is 16.1 Å². The van der Waals surface area contributed by atoms with E-state index in [-0.39, 0.29) is 5.95 Å². The predicted octanol–water partition coefficient (Wildman–Crippen LogP) is -0.534. The smallest absolute Gasteiger partial charge is 0.252 e. The highest BCUT2D eigenvalue weighted by Gasteiger charge is 2.05. The summed E-state index contributed by atoms with van der Waals surface area (Å²) in [7, 11) is 0. The lowest BCUT2D eigenvalue weighted by Crippen LogP contribution is -2.14. The Morgan fingerprint density at radius 1 is 1.64 bits per heavy atom. The molecule has 1 amide bonds. The maximum atomic E-state index is 10.6. The van der Waals surface area contributed by atoms with Gasteiger partial charge in [-0.1, -0.05) is 0 Å². The Morgan fingerprint density at radius 2 is 2.27 bits per heavy atom. The number of carbonyl (C=O) groups is 1. The van der Waals surface area contributed by atoms with Crippen molar-refractivity contribution < 1.29 is 4.79 Å². The zero-order valence-electron chi connectivity index (χ0n) is 6.03. The lowest BCUT2D eigenvalue weighted by atomic mass is 10.2. The molecule has 0 aliphatic heterocycles. The fourth-order valence-electron chi connectivity index (χ4n) is 0.727. The second-order valence-corrected chi connectivity index (χ2v) is 2.09. The first-order valence-electron chi connectivity index (χ1n) is 3.00. The fraction of sp³-hybridized carbons (Fsp3) is 0.167. The summed E-state index contributed by atoms with van der Waals surface area (Å²) in [5.74, 6) is -0.394. The van der Waals surface area contributed by atoms with Crippen molar-refractivity contribution in [2.45, 2.75) is 6.92 Å². The molecule has 0 bridgehead atoms. The molecule has 0 aromatic carbocycles. The van der Waals surface area contributed by atoms with E-state index in [1.807, 2.05) is 0 Å². The zero-order valence-corrected chi connectivity index (χ0v) is 6.03. The van der Waals surface area contributed by atoms with Crippen molar-refractivity contribution in [2.24, 2.45) is 5.73 Å². The molecule has 11 heavy (non-hydrogen) atoms. The largest absolute Gasteiger partial charge is 0.368 e. The highest BCUT2D eigenvalue weighted by molar-refractivity contribution is 5.93. The first-order chi connectivity index (χ1) is 5.11. The number of aryl methyl sites for hydroxylation is 1. The molecule has 0 fully saturated rings. The van der Waals surface area contributed by atoms with Gasteiger partial charge in [0.05, 0.1) is 11.3 Å². The molecule has 1 rings (SSSR count). The second kappa shape index (κ2) is 2.53. The van der Waals surface area contributed by atoms with Gasteiger partial charge in [-0.15, -0.1) is 0 Å². The molecule has 0 unspecified atom stereocenters. The van der Waals surface area contributed by atoms with Gasteiger partial charge in [0.25, 0.3) is 5.91 Å². The summed E-state index contributed by atoms with van der Waals surface area (Å²) in [6.45, 7) is 1.65. The number of primary amides is 1. The lowest BCUT2D eigenvalue weighted by Gasteiger charge is -1.98. The Morgan fingerprint density at radius 3 is 2.73 bits per heavy atom. The second-order valence-electron chi connectivity index (χ2n) is 2.09. The van der Waals surface area contributed by atoms with Crippen molar-refractivity contribution >= 4 is 11.9 Å². The molecule has 5 nitrogen and oxygen atoms in total. The van der Waals surface area contributed by atoms with Crippen LogP contribution < -0.4 is 11.5 Å². The third-order valence-electron chi connectivity index (χ3n) is 1.26. The Bertz CT molecular complexity index is 297. The SMILES string of the molecule is Cc1nc(N)ncc1C(N)=O. The molecule has 5 heteroatoms. The average Bonchev–Trinajstić information content (AvgIpc) is 1.85.